The van der Waals surface area contributed by atoms with E-state index in [4.69, 9.17) is 27.7 Å². The Labute approximate surface area is 424 Å². The second-order valence-electron chi connectivity index (χ2n) is 17.5. The highest BCUT2D eigenvalue weighted by Crippen LogP contribution is 2.18. The van der Waals surface area contributed by atoms with Crippen molar-refractivity contribution in [3.63, 3.8) is 0 Å². The molecule has 25 nitrogen and oxygen atoms in total. The third-order valence-corrected chi connectivity index (χ3v) is 11.5. The van der Waals surface area contributed by atoms with Crippen LogP contribution in [0.2, 0.25) is 0 Å². The Bertz CT molecular complexity index is 2240. The van der Waals surface area contributed by atoms with Crippen molar-refractivity contribution in [3.05, 3.63) is 71.5 Å². The molecule has 1 aliphatic heterocycles. The third kappa shape index (κ3) is 22.9. The van der Waals surface area contributed by atoms with E-state index in [1.165, 1.54) is 32.9 Å². The maximum absolute atomic E-state index is 14.3. The number of allylic oxidation sites excluding steroid dienone is 3. The van der Waals surface area contributed by atoms with E-state index in [9.17, 15) is 53.4 Å². The number of hydrogen-bond donors (Lipinski definition) is 13. The second-order valence-corrected chi connectivity index (χ2v) is 17.5. The van der Waals surface area contributed by atoms with Crippen LogP contribution in [-0.4, -0.2) is 138 Å². The van der Waals surface area contributed by atoms with Crippen molar-refractivity contribution in [2.24, 2.45) is 44.8 Å². The van der Waals surface area contributed by atoms with Gasteiger partial charge in [0, 0.05) is 32.5 Å². The molecule has 9 atom stereocenters. The first-order valence-corrected chi connectivity index (χ1v) is 23.7. The maximum atomic E-state index is 14.3. The number of aliphatic carboxylic acids is 2. The summed E-state index contributed by atoms with van der Waals surface area (Å²) in [5, 5.41) is 37.5. The van der Waals surface area contributed by atoms with E-state index in [-0.39, 0.29) is 68.4 Å². The molecule has 0 aliphatic carbocycles. The summed E-state index contributed by atoms with van der Waals surface area (Å²) in [7, 11) is 1.60. The largest absolute Gasteiger partial charge is 0.480 e. The van der Waals surface area contributed by atoms with Crippen LogP contribution in [-0.2, 0) is 54.3 Å². The minimum atomic E-state index is -1.91. The molecule has 402 valence electrons. The molecule has 1 heterocycles. The van der Waals surface area contributed by atoms with Gasteiger partial charge in [0.25, 0.3) is 5.91 Å². The van der Waals surface area contributed by atoms with E-state index in [0.29, 0.717) is 12.0 Å². The van der Waals surface area contributed by atoms with E-state index in [1.54, 1.807) is 20.1 Å². The lowest BCUT2D eigenvalue weighted by molar-refractivity contribution is -0.144. The van der Waals surface area contributed by atoms with Gasteiger partial charge in [-0.05, 0) is 64.9 Å². The third-order valence-electron chi connectivity index (χ3n) is 11.5. The van der Waals surface area contributed by atoms with Crippen LogP contribution in [0, 0.1) is 11.8 Å². The summed E-state index contributed by atoms with van der Waals surface area (Å²) < 4.78 is 5.81. The summed E-state index contributed by atoms with van der Waals surface area (Å²) in [6.07, 6.45) is 4.77. The highest BCUT2D eigenvalue weighted by Gasteiger charge is 2.34. The molecule has 0 spiro atoms. The number of carboxylic acid groups (broad SMARTS) is 2. The van der Waals surface area contributed by atoms with Crippen molar-refractivity contribution in [1.29, 1.82) is 0 Å². The van der Waals surface area contributed by atoms with Gasteiger partial charge >= 0.3 is 11.9 Å². The van der Waals surface area contributed by atoms with Crippen molar-refractivity contribution in [2.75, 3.05) is 20.2 Å². The average Bonchev–Trinajstić information content (AvgIpc) is 3.33. The lowest BCUT2D eigenvalue weighted by Gasteiger charge is -2.27. The zero-order valence-corrected chi connectivity index (χ0v) is 42.1. The van der Waals surface area contributed by atoms with Crippen LogP contribution in [0.1, 0.15) is 85.1 Å². The molecule has 1 aromatic rings. The summed E-state index contributed by atoms with van der Waals surface area (Å²) in [6.45, 7) is 7.86. The first-order chi connectivity index (χ1) is 34.4. The molecule has 73 heavy (non-hydrogen) atoms. The molecule has 0 radical (unpaired) electrons. The molecule has 17 N–H and O–H groups in total. The first-order valence-electron chi connectivity index (χ1n) is 23.7. The molecule has 1 aliphatic rings. The van der Waals surface area contributed by atoms with E-state index in [2.05, 4.69) is 47.2 Å². The van der Waals surface area contributed by atoms with E-state index >= 15 is 0 Å². The lowest BCUT2D eigenvalue weighted by atomic mass is 9.94. The fraction of sp³-hybridized carbons (Fsp3) is 0.521. The number of benzene rings is 1. The molecule has 0 bridgehead atoms. The summed E-state index contributed by atoms with van der Waals surface area (Å²) in [5.74, 6) is -11.4. The fourth-order valence-electron chi connectivity index (χ4n) is 7.33. The average molecular weight is 1020 g/mol. The van der Waals surface area contributed by atoms with Gasteiger partial charge in [0.2, 0.25) is 35.4 Å². The van der Waals surface area contributed by atoms with Crippen molar-refractivity contribution < 1.29 is 58.1 Å². The van der Waals surface area contributed by atoms with Crippen LogP contribution < -0.4 is 60.2 Å². The lowest BCUT2D eigenvalue weighted by Crippen LogP contribution is -2.56. The van der Waals surface area contributed by atoms with Gasteiger partial charge in [0.1, 0.15) is 35.9 Å². The number of nitrogens with zero attached hydrogens (tertiary/aromatic N) is 2. The molecule has 0 aromatic heterocycles. The normalized spacial score (nSPS) is 24.1. The Morgan fingerprint density at radius 1 is 0.767 bits per heavy atom. The Kier molecular flexibility index (Phi) is 26.4. The number of carbonyl (C=O) groups excluding carboxylic acids is 7. The molecule has 0 unspecified atom stereocenters. The quantitative estimate of drug-likeness (QED) is 0.0276. The van der Waals surface area contributed by atoms with Crippen LogP contribution in [0.25, 0.3) is 0 Å². The molecule has 7 amide bonds. The van der Waals surface area contributed by atoms with Crippen molar-refractivity contribution in [1.82, 2.24) is 37.2 Å². The SMILES string of the molecule is C/C=C1\NC(=O)CC[C@H](C(=O)O)NC(=O)[C@@H](C)[C@H](/C=C/C(C)=C/[C@H](C)[C@H](Cc2ccccc2)OC)NC(=O)[C@H](CCCN=C(N)N)NC(=O)C[C@H](C(=O)O)NC(=O)[C@H](CCCN=C(N)N)NC(=O)[C@@H](C)NC1=O. The zero-order valence-electron chi connectivity index (χ0n) is 42.1. The van der Waals surface area contributed by atoms with Gasteiger partial charge in [-0.1, -0.05) is 74.1 Å². The molecular weight excluding hydrogens is 951 g/mol. The number of carboxylic acids is 2. The number of nitrogens with two attached hydrogens (primary N) is 4. The van der Waals surface area contributed by atoms with Crippen LogP contribution in [0.4, 0.5) is 0 Å². The topological polar surface area (TPSA) is 416 Å². The molecular formula is C48H73N13O12. The highest BCUT2D eigenvalue weighted by molar-refractivity contribution is 6.00. The predicted octanol–water partition coefficient (Wildman–Crippen LogP) is -1.57. The summed E-state index contributed by atoms with van der Waals surface area (Å²) in [6, 6.07) is 0.758. The van der Waals surface area contributed by atoms with Gasteiger partial charge in [-0.3, -0.25) is 43.5 Å². The van der Waals surface area contributed by atoms with E-state index in [0.717, 1.165) is 5.56 Å². The van der Waals surface area contributed by atoms with Gasteiger partial charge in [-0.2, -0.15) is 0 Å². The first kappa shape index (κ1) is 61.3. The Morgan fingerprint density at radius 3 is 1.88 bits per heavy atom. The Morgan fingerprint density at radius 2 is 1.33 bits per heavy atom. The van der Waals surface area contributed by atoms with E-state index < -0.39 is 115 Å². The van der Waals surface area contributed by atoms with Gasteiger partial charge < -0.3 is 75.1 Å². The summed E-state index contributed by atoms with van der Waals surface area (Å²) >= 11 is 0. The van der Waals surface area contributed by atoms with Gasteiger partial charge in [-0.25, -0.2) is 9.59 Å². The number of methoxy groups -OCH3 is 1. The fourth-order valence-corrected chi connectivity index (χ4v) is 7.33. The number of rotatable bonds is 17. The molecule has 25 heteroatoms. The molecule has 1 fully saturated rings. The van der Waals surface area contributed by atoms with Crippen molar-refractivity contribution in [2.45, 2.75) is 128 Å². The van der Waals surface area contributed by atoms with Gasteiger partial charge in [0.15, 0.2) is 11.9 Å². The van der Waals surface area contributed by atoms with Gasteiger partial charge in [0.05, 0.1) is 24.5 Å². The number of aliphatic imine (C=N–C) groups is 2. The number of guanidine groups is 2. The predicted molar refractivity (Wildman–Crippen MR) is 270 cm³/mol. The number of amides is 7. The van der Waals surface area contributed by atoms with E-state index in [1.807, 2.05) is 43.3 Å². The summed E-state index contributed by atoms with van der Waals surface area (Å²) in [5.41, 5.74) is 23.3. The second kappa shape index (κ2) is 31.5. The van der Waals surface area contributed by atoms with Crippen molar-refractivity contribution >= 4 is 65.2 Å². The number of nitrogens with one attached hydrogen (secondary N) is 7. The molecule has 1 aromatic carbocycles. The highest BCUT2D eigenvalue weighted by atomic mass is 16.5. The van der Waals surface area contributed by atoms with Gasteiger partial charge in [-0.15, -0.1) is 0 Å². The monoisotopic (exact) mass is 1020 g/mol. The number of hydrogen-bond acceptors (Lipinski definition) is 12. The number of ether oxygens (including phenoxy) is 1. The van der Waals surface area contributed by atoms with Crippen molar-refractivity contribution in [3.8, 4) is 0 Å². The van der Waals surface area contributed by atoms with Crippen LogP contribution in [0.5, 0.6) is 0 Å². The van der Waals surface area contributed by atoms with Crippen LogP contribution >= 0.6 is 0 Å². The molecule has 0 saturated carbocycles. The smallest absolute Gasteiger partial charge is 0.326 e. The molecule has 1 saturated heterocycles. The standard InChI is InChI=1S/C48H73N13O12/c1-7-31-42(66)55-29(5)41(65)59-34(16-12-22-54-48(51)52)44(68)61-36(46(71)72)25-39(63)57-33(15-11-21-53-47(49)50)43(67)58-32(28(4)40(64)60-35(45(69)70)19-20-38(62)56-31)18-17-26(2)23-27(3)37(73-6)24-30-13-9-8-10-14-30/h7-10,13-14,17-18,23,27-29,32-37H,11-12,15-16,19-22,24-25H2,1-6H3,(H,55,66)(H,56,62)(H,57,63)(H,58,67)(H,59,65)(H,60,64)(H,61,68)(H,69,70)(H,71,72)(H4,49,50,53)(H4,51,52,54)/b18-17+,26-23+,31-7-/t27-,28-,29+,32-,33-,34-,35+,36+,37-/m0/s1. The van der Waals surface area contributed by atoms with Crippen LogP contribution in [0.3, 0.4) is 0 Å². The van der Waals surface area contributed by atoms with Crippen LogP contribution in [0.15, 0.2) is 75.9 Å². The zero-order chi connectivity index (χ0) is 54.8. The Balaban J connectivity index is 2.69. The maximum Gasteiger partial charge on any atom is 0.326 e. The number of carbonyl (C=O) groups is 9. The minimum absolute atomic E-state index is 0.00238. The molecule has 2 rings (SSSR count). The Hall–Kier alpha value is -7.83. The minimum Gasteiger partial charge on any atom is -0.480 e. The summed E-state index contributed by atoms with van der Waals surface area (Å²) in [4.78, 5) is 128.